The maximum absolute atomic E-state index is 12.4. The summed E-state index contributed by atoms with van der Waals surface area (Å²) in [7, 11) is -7.16. The SMILES string of the molecule is CC(NS(=O)(=O)c1ccc(S(C)(=O)=O)cc1)c1ccccc1Cl. The largest absolute Gasteiger partial charge is 0.241 e. The van der Waals surface area contributed by atoms with Gasteiger partial charge in [0.1, 0.15) is 0 Å². The summed E-state index contributed by atoms with van der Waals surface area (Å²) in [5.74, 6) is 0. The number of halogens is 1. The summed E-state index contributed by atoms with van der Waals surface area (Å²) in [6.45, 7) is 1.68. The van der Waals surface area contributed by atoms with E-state index in [9.17, 15) is 16.8 Å². The molecular formula is C15H16ClNO4S2. The average Bonchev–Trinajstić information content (AvgIpc) is 2.46. The minimum absolute atomic E-state index is 0.0104. The summed E-state index contributed by atoms with van der Waals surface area (Å²) in [4.78, 5) is 0.0550. The van der Waals surface area contributed by atoms with Gasteiger partial charge in [-0.25, -0.2) is 21.6 Å². The smallest absolute Gasteiger partial charge is 0.224 e. The fourth-order valence-electron chi connectivity index (χ4n) is 2.06. The highest BCUT2D eigenvalue weighted by molar-refractivity contribution is 7.90. The van der Waals surface area contributed by atoms with Gasteiger partial charge in [-0.1, -0.05) is 29.8 Å². The van der Waals surface area contributed by atoms with E-state index in [4.69, 9.17) is 11.6 Å². The van der Waals surface area contributed by atoms with Gasteiger partial charge in [-0.05, 0) is 42.8 Å². The van der Waals surface area contributed by atoms with Crippen molar-refractivity contribution in [1.29, 1.82) is 0 Å². The number of nitrogens with one attached hydrogen (secondary N) is 1. The Morgan fingerprint density at radius 1 is 0.913 bits per heavy atom. The molecule has 5 nitrogen and oxygen atoms in total. The van der Waals surface area contributed by atoms with Crippen LogP contribution in [0.15, 0.2) is 58.3 Å². The Hall–Kier alpha value is -1.41. The molecule has 124 valence electrons. The monoisotopic (exact) mass is 373 g/mol. The molecule has 2 aromatic rings. The first-order valence-electron chi connectivity index (χ1n) is 6.68. The van der Waals surface area contributed by atoms with Crippen molar-refractivity contribution in [3.8, 4) is 0 Å². The van der Waals surface area contributed by atoms with Gasteiger partial charge in [0.2, 0.25) is 10.0 Å². The van der Waals surface area contributed by atoms with Crippen molar-refractivity contribution < 1.29 is 16.8 Å². The number of rotatable bonds is 5. The van der Waals surface area contributed by atoms with E-state index >= 15 is 0 Å². The first-order valence-corrected chi connectivity index (χ1v) is 10.4. The first kappa shape index (κ1) is 17.9. The second-order valence-corrected chi connectivity index (χ2v) is 9.24. The lowest BCUT2D eigenvalue weighted by molar-refractivity contribution is 0.566. The van der Waals surface area contributed by atoms with E-state index in [2.05, 4.69) is 4.72 Å². The minimum Gasteiger partial charge on any atom is -0.224 e. The van der Waals surface area contributed by atoms with Gasteiger partial charge >= 0.3 is 0 Å². The maximum Gasteiger partial charge on any atom is 0.241 e. The van der Waals surface area contributed by atoms with Gasteiger partial charge in [-0.3, -0.25) is 0 Å². The number of benzene rings is 2. The molecule has 0 heterocycles. The molecule has 0 spiro atoms. The summed E-state index contributed by atoms with van der Waals surface area (Å²) >= 11 is 6.06. The van der Waals surface area contributed by atoms with E-state index in [1.807, 2.05) is 0 Å². The highest BCUT2D eigenvalue weighted by Crippen LogP contribution is 2.24. The van der Waals surface area contributed by atoms with Gasteiger partial charge in [-0.2, -0.15) is 0 Å². The van der Waals surface area contributed by atoms with Gasteiger partial charge in [0.15, 0.2) is 9.84 Å². The Labute approximate surface area is 141 Å². The van der Waals surface area contributed by atoms with Crippen molar-refractivity contribution in [2.45, 2.75) is 22.8 Å². The van der Waals surface area contributed by atoms with Gasteiger partial charge in [0, 0.05) is 17.3 Å². The molecule has 0 radical (unpaired) electrons. The van der Waals surface area contributed by atoms with Gasteiger partial charge in [0.05, 0.1) is 9.79 Å². The first-order chi connectivity index (χ1) is 10.6. The van der Waals surface area contributed by atoms with Crippen LogP contribution in [0, 0.1) is 0 Å². The van der Waals surface area contributed by atoms with E-state index < -0.39 is 25.9 Å². The molecule has 23 heavy (non-hydrogen) atoms. The second-order valence-electron chi connectivity index (χ2n) is 5.11. The predicted molar refractivity (Wildman–Crippen MR) is 89.7 cm³/mol. The Bertz CT molecular complexity index is 907. The summed E-state index contributed by atoms with van der Waals surface area (Å²) in [5, 5.41) is 0.468. The molecule has 0 fully saturated rings. The molecule has 0 saturated heterocycles. The highest BCUT2D eigenvalue weighted by Gasteiger charge is 2.20. The summed E-state index contributed by atoms with van der Waals surface area (Å²) in [5.41, 5.74) is 0.658. The third-order valence-electron chi connectivity index (χ3n) is 3.27. The van der Waals surface area contributed by atoms with Crippen LogP contribution in [-0.4, -0.2) is 23.1 Å². The quantitative estimate of drug-likeness (QED) is 0.873. The van der Waals surface area contributed by atoms with E-state index in [-0.39, 0.29) is 9.79 Å². The molecule has 1 atom stereocenters. The predicted octanol–water partition coefficient (Wildman–Crippen LogP) is 2.78. The van der Waals surface area contributed by atoms with Gasteiger partial charge < -0.3 is 0 Å². The molecule has 1 N–H and O–H groups in total. The number of sulfonamides is 1. The molecule has 0 aromatic heterocycles. The lowest BCUT2D eigenvalue weighted by Crippen LogP contribution is -2.27. The molecular weight excluding hydrogens is 358 g/mol. The number of hydrogen-bond donors (Lipinski definition) is 1. The van der Waals surface area contributed by atoms with Crippen molar-refractivity contribution in [3.63, 3.8) is 0 Å². The van der Waals surface area contributed by atoms with Crippen LogP contribution in [0.2, 0.25) is 5.02 Å². The van der Waals surface area contributed by atoms with Crippen LogP contribution in [0.3, 0.4) is 0 Å². The van der Waals surface area contributed by atoms with Crippen LogP contribution in [-0.2, 0) is 19.9 Å². The third kappa shape index (κ3) is 4.32. The van der Waals surface area contributed by atoms with Crippen LogP contribution >= 0.6 is 11.6 Å². The molecule has 2 rings (SSSR count). The molecule has 2 aromatic carbocycles. The Kier molecular flexibility index (Phi) is 5.15. The number of hydrogen-bond acceptors (Lipinski definition) is 4. The highest BCUT2D eigenvalue weighted by atomic mass is 35.5. The van der Waals surface area contributed by atoms with E-state index in [1.165, 1.54) is 24.3 Å². The zero-order valence-electron chi connectivity index (χ0n) is 12.5. The summed E-state index contributed by atoms with van der Waals surface area (Å²) in [6, 6.07) is 11.5. The fraction of sp³-hybridized carbons (Fsp3) is 0.200. The Morgan fingerprint density at radius 2 is 1.43 bits per heavy atom. The topological polar surface area (TPSA) is 80.3 Å². The molecule has 0 saturated carbocycles. The normalized spacial score (nSPS) is 13.7. The van der Waals surface area contributed by atoms with Crippen LogP contribution in [0.25, 0.3) is 0 Å². The lowest BCUT2D eigenvalue weighted by Gasteiger charge is -2.16. The van der Waals surface area contributed by atoms with Crippen LogP contribution < -0.4 is 4.72 Å². The van der Waals surface area contributed by atoms with E-state index in [0.717, 1.165) is 6.26 Å². The van der Waals surface area contributed by atoms with Gasteiger partial charge in [-0.15, -0.1) is 0 Å². The third-order valence-corrected chi connectivity index (χ3v) is 6.30. The van der Waals surface area contributed by atoms with E-state index in [1.54, 1.807) is 31.2 Å². The second kappa shape index (κ2) is 6.60. The van der Waals surface area contributed by atoms with Crippen molar-refractivity contribution in [2.75, 3.05) is 6.26 Å². The van der Waals surface area contributed by atoms with Crippen LogP contribution in [0.5, 0.6) is 0 Å². The molecule has 0 aliphatic heterocycles. The van der Waals surface area contributed by atoms with Crippen molar-refractivity contribution in [3.05, 3.63) is 59.1 Å². The maximum atomic E-state index is 12.4. The molecule has 0 aliphatic carbocycles. The van der Waals surface area contributed by atoms with Gasteiger partial charge in [0.25, 0.3) is 0 Å². The Balaban J connectivity index is 2.27. The molecule has 1 unspecified atom stereocenters. The zero-order chi connectivity index (χ0) is 17.3. The number of sulfone groups is 1. The fourth-order valence-corrected chi connectivity index (χ4v) is 4.21. The standard InChI is InChI=1S/C15H16ClNO4S2/c1-11(14-5-3-4-6-15(14)16)17-23(20,21)13-9-7-12(8-10-13)22(2,18)19/h3-11,17H,1-2H3. The van der Waals surface area contributed by atoms with Crippen LogP contribution in [0.1, 0.15) is 18.5 Å². The Morgan fingerprint density at radius 3 is 1.96 bits per heavy atom. The van der Waals surface area contributed by atoms with Crippen molar-refractivity contribution in [1.82, 2.24) is 4.72 Å². The minimum atomic E-state index is -3.79. The summed E-state index contributed by atoms with van der Waals surface area (Å²) < 4.78 is 50.1. The molecule has 8 heteroatoms. The lowest BCUT2D eigenvalue weighted by atomic mass is 10.1. The molecule has 0 amide bonds. The zero-order valence-corrected chi connectivity index (χ0v) is 14.9. The molecule has 0 aliphatic rings. The van der Waals surface area contributed by atoms with Crippen molar-refractivity contribution >= 4 is 31.5 Å². The summed E-state index contributed by atoms with van der Waals surface area (Å²) in [6.07, 6.45) is 1.06. The average molecular weight is 374 g/mol. The van der Waals surface area contributed by atoms with Crippen molar-refractivity contribution in [2.24, 2.45) is 0 Å². The molecule has 0 bridgehead atoms. The van der Waals surface area contributed by atoms with E-state index in [0.29, 0.717) is 10.6 Å². The van der Waals surface area contributed by atoms with Crippen LogP contribution in [0.4, 0.5) is 0 Å².